The van der Waals surface area contributed by atoms with E-state index >= 15 is 0 Å². The molecule has 0 radical (unpaired) electrons. The number of hydrogen-bond donors (Lipinski definition) is 3. The predicted octanol–water partition coefficient (Wildman–Crippen LogP) is 19.8. The smallest absolute Gasteiger partial charge is 0.305 e. The predicted molar refractivity (Wildman–Crippen MR) is 306 cm³/mol. The molecule has 1 amide bonds. The van der Waals surface area contributed by atoms with Crippen molar-refractivity contribution < 1.29 is 24.5 Å². The highest BCUT2D eigenvalue weighted by molar-refractivity contribution is 5.76. The number of allylic oxidation sites excluding steroid dienone is 4. The molecule has 0 spiro atoms. The summed E-state index contributed by atoms with van der Waals surface area (Å²) in [5.74, 6) is -0.0388. The molecule has 0 rings (SSSR count). The molecule has 0 fully saturated rings. The number of aliphatic hydroxyl groups is 2. The number of esters is 1. The van der Waals surface area contributed by atoms with Crippen LogP contribution in [0.2, 0.25) is 0 Å². The zero-order valence-electron chi connectivity index (χ0n) is 47.3. The summed E-state index contributed by atoms with van der Waals surface area (Å²) in [5, 5.41) is 23.3. The van der Waals surface area contributed by atoms with Gasteiger partial charge >= 0.3 is 5.97 Å². The third-order valence-electron chi connectivity index (χ3n) is 14.8. The van der Waals surface area contributed by atoms with E-state index in [4.69, 9.17) is 4.74 Å². The van der Waals surface area contributed by atoms with E-state index < -0.39 is 12.1 Å². The van der Waals surface area contributed by atoms with Gasteiger partial charge in [-0.1, -0.05) is 301 Å². The monoisotopic (exact) mass is 986 g/mol. The summed E-state index contributed by atoms with van der Waals surface area (Å²) in [7, 11) is 0. The van der Waals surface area contributed by atoms with Crippen molar-refractivity contribution in [2.24, 2.45) is 0 Å². The maximum atomic E-state index is 12.5. The SMILES string of the molecule is CCCCCC/C=C\C/C=C\CCCCCCCCCC(=O)OCCCCCCCCCCCCCCCCCCCC(=O)NC(CO)C(O)CCCCCCCCCCCCCCCCCCCC. The van der Waals surface area contributed by atoms with Crippen molar-refractivity contribution >= 4 is 11.9 Å². The largest absolute Gasteiger partial charge is 0.466 e. The molecule has 0 aliphatic heterocycles. The Hall–Kier alpha value is -1.66. The number of carbonyl (C=O) groups is 2. The van der Waals surface area contributed by atoms with Gasteiger partial charge in [0, 0.05) is 12.8 Å². The molecule has 6 nitrogen and oxygen atoms in total. The van der Waals surface area contributed by atoms with Gasteiger partial charge in [-0.3, -0.25) is 9.59 Å². The van der Waals surface area contributed by atoms with Crippen molar-refractivity contribution in [3.8, 4) is 0 Å². The molecule has 2 atom stereocenters. The van der Waals surface area contributed by atoms with E-state index in [-0.39, 0.29) is 18.5 Å². The minimum Gasteiger partial charge on any atom is -0.466 e. The number of hydrogen-bond acceptors (Lipinski definition) is 5. The van der Waals surface area contributed by atoms with Crippen LogP contribution in [0.15, 0.2) is 24.3 Å². The molecular formula is C64H123NO5. The van der Waals surface area contributed by atoms with E-state index in [1.54, 1.807) is 0 Å². The number of carbonyl (C=O) groups excluding carboxylic acids is 2. The van der Waals surface area contributed by atoms with Gasteiger partial charge in [-0.25, -0.2) is 0 Å². The van der Waals surface area contributed by atoms with E-state index in [2.05, 4.69) is 43.5 Å². The maximum Gasteiger partial charge on any atom is 0.305 e. The van der Waals surface area contributed by atoms with Crippen LogP contribution < -0.4 is 5.32 Å². The number of unbranched alkanes of at least 4 members (excludes halogenated alkanes) is 44. The van der Waals surface area contributed by atoms with Gasteiger partial charge in [0.05, 0.1) is 25.4 Å². The first-order valence-corrected chi connectivity index (χ1v) is 31.6. The molecule has 0 aromatic heterocycles. The van der Waals surface area contributed by atoms with Gasteiger partial charge in [0.2, 0.25) is 5.91 Å². The molecular weight excluding hydrogens is 863 g/mol. The number of ether oxygens (including phenoxy) is 1. The van der Waals surface area contributed by atoms with E-state index in [1.165, 1.54) is 263 Å². The fraction of sp³-hybridized carbons (Fsp3) is 0.906. The normalized spacial score (nSPS) is 12.7. The van der Waals surface area contributed by atoms with Crippen molar-refractivity contribution in [2.75, 3.05) is 13.2 Å². The summed E-state index contributed by atoms with van der Waals surface area (Å²) in [6, 6.07) is -0.546. The molecule has 2 unspecified atom stereocenters. The Morgan fingerprint density at radius 1 is 0.400 bits per heavy atom. The molecule has 0 saturated carbocycles. The molecule has 0 bridgehead atoms. The Bertz CT molecular complexity index is 1090. The first-order chi connectivity index (χ1) is 34.5. The van der Waals surface area contributed by atoms with Crippen LogP contribution in [0.25, 0.3) is 0 Å². The molecule has 414 valence electrons. The van der Waals surface area contributed by atoms with Crippen LogP contribution in [0.5, 0.6) is 0 Å². The third kappa shape index (κ3) is 55.7. The number of aliphatic hydroxyl groups excluding tert-OH is 2. The number of amides is 1. The van der Waals surface area contributed by atoms with E-state index in [1.807, 2.05) is 0 Å². The van der Waals surface area contributed by atoms with Crippen molar-refractivity contribution in [2.45, 2.75) is 360 Å². The van der Waals surface area contributed by atoms with Crippen LogP contribution in [0, 0.1) is 0 Å². The first kappa shape index (κ1) is 68.3. The quantitative estimate of drug-likeness (QED) is 0.0321. The summed E-state index contributed by atoms with van der Waals surface area (Å²) in [4.78, 5) is 24.6. The Morgan fingerprint density at radius 3 is 1.10 bits per heavy atom. The second-order valence-electron chi connectivity index (χ2n) is 21.7. The fourth-order valence-corrected chi connectivity index (χ4v) is 9.91. The molecule has 0 aliphatic carbocycles. The van der Waals surface area contributed by atoms with Gasteiger partial charge in [0.1, 0.15) is 0 Å². The number of nitrogens with one attached hydrogen (secondary N) is 1. The lowest BCUT2D eigenvalue weighted by atomic mass is 10.0. The van der Waals surface area contributed by atoms with Crippen molar-refractivity contribution in [1.29, 1.82) is 0 Å². The molecule has 6 heteroatoms. The summed E-state index contributed by atoms with van der Waals surface area (Å²) in [6.45, 7) is 4.95. The average Bonchev–Trinajstić information content (AvgIpc) is 3.36. The summed E-state index contributed by atoms with van der Waals surface area (Å²) in [5.41, 5.74) is 0. The molecule has 3 N–H and O–H groups in total. The van der Waals surface area contributed by atoms with E-state index in [9.17, 15) is 19.8 Å². The average molecular weight is 987 g/mol. The van der Waals surface area contributed by atoms with Gasteiger partial charge in [-0.15, -0.1) is 0 Å². The molecule has 0 saturated heterocycles. The lowest BCUT2D eigenvalue weighted by Crippen LogP contribution is -2.45. The van der Waals surface area contributed by atoms with Crippen LogP contribution in [0.1, 0.15) is 348 Å². The van der Waals surface area contributed by atoms with Crippen LogP contribution in [0.3, 0.4) is 0 Å². The topological polar surface area (TPSA) is 95.9 Å². The molecule has 0 aromatic carbocycles. The highest BCUT2D eigenvalue weighted by atomic mass is 16.5. The van der Waals surface area contributed by atoms with Crippen LogP contribution >= 0.6 is 0 Å². The Labute approximate surface area is 437 Å². The molecule has 0 heterocycles. The van der Waals surface area contributed by atoms with Crippen LogP contribution in [-0.4, -0.2) is 47.4 Å². The Morgan fingerprint density at radius 2 is 0.714 bits per heavy atom. The highest BCUT2D eigenvalue weighted by Gasteiger charge is 2.20. The fourth-order valence-electron chi connectivity index (χ4n) is 9.91. The van der Waals surface area contributed by atoms with Crippen molar-refractivity contribution in [3.63, 3.8) is 0 Å². The zero-order chi connectivity index (χ0) is 50.7. The van der Waals surface area contributed by atoms with Gasteiger partial charge in [0.25, 0.3) is 0 Å². The summed E-state index contributed by atoms with van der Waals surface area (Å²) >= 11 is 0. The minimum absolute atomic E-state index is 0.00117. The van der Waals surface area contributed by atoms with Gasteiger partial charge < -0.3 is 20.3 Å². The van der Waals surface area contributed by atoms with E-state index in [0.717, 1.165) is 51.4 Å². The van der Waals surface area contributed by atoms with E-state index in [0.29, 0.717) is 25.9 Å². The van der Waals surface area contributed by atoms with Crippen LogP contribution in [0.4, 0.5) is 0 Å². The van der Waals surface area contributed by atoms with Gasteiger partial charge in [-0.2, -0.15) is 0 Å². The summed E-state index contributed by atoms with van der Waals surface area (Å²) in [6.07, 6.45) is 73.2. The van der Waals surface area contributed by atoms with Gasteiger partial charge in [-0.05, 0) is 57.8 Å². The molecule has 0 aliphatic rings. The number of rotatable bonds is 59. The lowest BCUT2D eigenvalue weighted by molar-refractivity contribution is -0.143. The van der Waals surface area contributed by atoms with Crippen molar-refractivity contribution in [1.82, 2.24) is 5.32 Å². The van der Waals surface area contributed by atoms with Crippen LogP contribution in [-0.2, 0) is 14.3 Å². The second kappa shape index (κ2) is 59.9. The lowest BCUT2D eigenvalue weighted by Gasteiger charge is -2.22. The minimum atomic E-state index is -0.669. The second-order valence-corrected chi connectivity index (χ2v) is 21.7. The highest BCUT2D eigenvalue weighted by Crippen LogP contribution is 2.18. The Kier molecular flexibility index (Phi) is 58.5. The Balaban J connectivity index is 3.41. The third-order valence-corrected chi connectivity index (χ3v) is 14.8. The van der Waals surface area contributed by atoms with Crippen molar-refractivity contribution in [3.05, 3.63) is 24.3 Å². The maximum absolute atomic E-state index is 12.5. The molecule has 0 aromatic rings. The zero-order valence-corrected chi connectivity index (χ0v) is 47.3. The summed E-state index contributed by atoms with van der Waals surface area (Å²) < 4.78 is 5.49. The standard InChI is InChI=1S/C64H123NO5/c1-3-5-7-9-11-13-15-17-19-21-24-28-32-36-40-44-48-52-56-62(67)61(60-66)65-63(68)57-53-49-45-41-37-33-29-25-23-27-31-35-39-43-47-51-55-59-70-64(69)58-54-50-46-42-38-34-30-26-22-20-18-16-14-12-10-8-6-4-2/h14,16,20,22,61-62,66-67H,3-13,15,17-19,21,23-60H2,1-2H3,(H,65,68)/b16-14-,22-20-. The first-order valence-electron chi connectivity index (χ1n) is 31.6. The molecule has 70 heavy (non-hydrogen) atoms. The van der Waals surface area contributed by atoms with Gasteiger partial charge in [0.15, 0.2) is 0 Å².